The molecule has 1 aliphatic heterocycles. The number of nitrogens with two attached hydrogens (primary N) is 1. The molecule has 6 heteroatoms. The number of benzene rings is 1. The average Bonchev–Trinajstić information content (AvgIpc) is 2.76. The second kappa shape index (κ2) is 12.5. The summed E-state index contributed by atoms with van der Waals surface area (Å²) in [5.74, 6) is 0.0394. The fourth-order valence-corrected chi connectivity index (χ4v) is 2.83. The second-order valence-corrected chi connectivity index (χ2v) is 6.45. The van der Waals surface area contributed by atoms with E-state index in [1.165, 1.54) is 44.3 Å². The summed E-state index contributed by atoms with van der Waals surface area (Å²) < 4.78 is 0. The Kier molecular flexibility index (Phi) is 12.1. The van der Waals surface area contributed by atoms with Gasteiger partial charge in [0.05, 0.1) is 0 Å². The van der Waals surface area contributed by atoms with Crippen molar-refractivity contribution < 1.29 is 4.79 Å². The van der Waals surface area contributed by atoms with Gasteiger partial charge in [-0.2, -0.15) is 0 Å². The molecule has 4 nitrogen and oxygen atoms in total. The molecular weight excluding hydrogens is 345 g/mol. The van der Waals surface area contributed by atoms with Gasteiger partial charge in [0.2, 0.25) is 5.91 Å². The quantitative estimate of drug-likeness (QED) is 0.790. The van der Waals surface area contributed by atoms with Crippen LogP contribution in [0.2, 0.25) is 0 Å². The van der Waals surface area contributed by atoms with Gasteiger partial charge in [-0.15, -0.1) is 24.8 Å². The van der Waals surface area contributed by atoms with Gasteiger partial charge >= 0.3 is 0 Å². The molecule has 1 saturated heterocycles. The molecule has 1 atom stereocenters. The maximum atomic E-state index is 11.8. The van der Waals surface area contributed by atoms with E-state index in [2.05, 4.69) is 22.3 Å². The van der Waals surface area contributed by atoms with Gasteiger partial charge in [-0.25, -0.2) is 0 Å². The lowest BCUT2D eigenvalue weighted by atomic mass is 10.1. The van der Waals surface area contributed by atoms with Gasteiger partial charge in [0, 0.05) is 24.7 Å². The molecule has 24 heavy (non-hydrogen) atoms. The molecule has 0 saturated carbocycles. The third-order valence-electron chi connectivity index (χ3n) is 4.17. The minimum Gasteiger partial charge on any atom is -0.328 e. The lowest BCUT2D eigenvalue weighted by Gasteiger charge is -2.19. The van der Waals surface area contributed by atoms with Crippen LogP contribution in [-0.4, -0.2) is 29.9 Å². The zero-order chi connectivity index (χ0) is 15.8. The number of amides is 1. The van der Waals surface area contributed by atoms with E-state index in [1.54, 1.807) is 0 Å². The van der Waals surface area contributed by atoms with Crippen molar-refractivity contribution in [2.45, 2.75) is 58.0 Å². The first kappa shape index (κ1) is 23.2. The van der Waals surface area contributed by atoms with E-state index in [0.29, 0.717) is 6.42 Å². The number of hydrogen-bond donors (Lipinski definition) is 2. The number of nitrogens with zero attached hydrogens (tertiary/aromatic N) is 1. The Morgan fingerprint density at radius 1 is 1.12 bits per heavy atom. The smallest absolute Gasteiger partial charge is 0.224 e. The molecule has 1 aromatic rings. The molecule has 0 bridgehead atoms. The highest BCUT2D eigenvalue weighted by Gasteiger charge is 2.09. The third-order valence-corrected chi connectivity index (χ3v) is 4.17. The number of carbonyl (C=O) groups is 1. The number of likely N-dealkylation sites (tertiary alicyclic amines) is 1. The Bertz CT molecular complexity index is 458. The van der Waals surface area contributed by atoms with E-state index in [1.807, 2.05) is 19.1 Å². The molecule has 0 aliphatic carbocycles. The fraction of sp³-hybridized carbons (Fsp3) is 0.611. The Balaban J connectivity index is 0.00000264. The van der Waals surface area contributed by atoms with E-state index in [9.17, 15) is 4.79 Å². The van der Waals surface area contributed by atoms with Crippen LogP contribution in [0.4, 0.5) is 5.69 Å². The van der Waals surface area contributed by atoms with Crippen LogP contribution in [0.1, 0.15) is 51.0 Å². The van der Waals surface area contributed by atoms with E-state index in [4.69, 9.17) is 5.73 Å². The van der Waals surface area contributed by atoms with Gasteiger partial charge in [0.25, 0.3) is 0 Å². The van der Waals surface area contributed by atoms with Crippen molar-refractivity contribution in [2.75, 3.05) is 18.4 Å². The van der Waals surface area contributed by atoms with Crippen molar-refractivity contribution >= 4 is 36.4 Å². The number of nitrogens with one attached hydrogen (secondary N) is 1. The SMILES string of the molecule is CC(N)CCC(=O)Nc1ccc(CN2CCCCCC2)cc1.Cl.Cl. The minimum atomic E-state index is 0. The van der Waals surface area contributed by atoms with Crippen LogP contribution in [0, 0.1) is 0 Å². The van der Waals surface area contributed by atoms with Gasteiger partial charge < -0.3 is 11.1 Å². The highest BCUT2D eigenvalue weighted by Crippen LogP contribution is 2.15. The molecule has 1 unspecified atom stereocenters. The van der Waals surface area contributed by atoms with Gasteiger partial charge in [-0.1, -0.05) is 25.0 Å². The molecule has 0 aromatic heterocycles. The summed E-state index contributed by atoms with van der Waals surface area (Å²) in [6, 6.07) is 8.30. The van der Waals surface area contributed by atoms with Gasteiger partial charge in [-0.05, 0) is 57.0 Å². The van der Waals surface area contributed by atoms with Crippen LogP contribution in [0.5, 0.6) is 0 Å². The molecule has 2 rings (SSSR count). The summed E-state index contributed by atoms with van der Waals surface area (Å²) in [6.45, 7) is 5.34. The zero-order valence-electron chi connectivity index (χ0n) is 14.5. The molecule has 1 fully saturated rings. The van der Waals surface area contributed by atoms with Crippen molar-refractivity contribution in [3.05, 3.63) is 29.8 Å². The molecule has 138 valence electrons. The van der Waals surface area contributed by atoms with Crippen LogP contribution in [0.15, 0.2) is 24.3 Å². The first-order valence-corrected chi connectivity index (χ1v) is 8.50. The fourth-order valence-electron chi connectivity index (χ4n) is 2.83. The average molecular weight is 376 g/mol. The third kappa shape index (κ3) is 8.88. The van der Waals surface area contributed by atoms with Crippen molar-refractivity contribution in [1.82, 2.24) is 4.90 Å². The Hall–Kier alpha value is -0.810. The highest BCUT2D eigenvalue weighted by atomic mass is 35.5. The normalized spacial score (nSPS) is 16.2. The lowest BCUT2D eigenvalue weighted by Crippen LogP contribution is -2.23. The zero-order valence-corrected chi connectivity index (χ0v) is 16.1. The number of anilines is 1. The van der Waals surface area contributed by atoms with Gasteiger partial charge in [-0.3, -0.25) is 9.69 Å². The first-order valence-electron chi connectivity index (χ1n) is 8.50. The lowest BCUT2D eigenvalue weighted by molar-refractivity contribution is -0.116. The summed E-state index contributed by atoms with van der Waals surface area (Å²) in [7, 11) is 0. The van der Waals surface area contributed by atoms with Crippen LogP contribution in [0.25, 0.3) is 0 Å². The van der Waals surface area contributed by atoms with Crippen molar-refractivity contribution in [2.24, 2.45) is 5.73 Å². The standard InChI is InChI=1S/C18H29N3O.2ClH/c1-15(19)6-11-18(22)20-17-9-7-16(8-10-17)14-21-12-4-2-3-5-13-21;;/h7-10,15H,2-6,11-14,19H2,1H3,(H,20,22);2*1H. The topological polar surface area (TPSA) is 58.4 Å². The summed E-state index contributed by atoms with van der Waals surface area (Å²) in [6.07, 6.45) is 6.55. The van der Waals surface area contributed by atoms with Crippen LogP contribution < -0.4 is 11.1 Å². The van der Waals surface area contributed by atoms with E-state index in [-0.39, 0.29) is 36.8 Å². The van der Waals surface area contributed by atoms with Crippen molar-refractivity contribution in [1.29, 1.82) is 0 Å². The van der Waals surface area contributed by atoms with Crippen LogP contribution in [0.3, 0.4) is 0 Å². The maximum Gasteiger partial charge on any atom is 0.224 e. The maximum absolute atomic E-state index is 11.8. The van der Waals surface area contributed by atoms with E-state index >= 15 is 0 Å². The second-order valence-electron chi connectivity index (χ2n) is 6.45. The summed E-state index contributed by atoms with van der Waals surface area (Å²) in [5, 5.41) is 2.93. The predicted molar refractivity (Wildman–Crippen MR) is 106 cm³/mol. The Labute approximate surface area is 158 Å². The monoisotopic (exact) mass is 375 g/mol. The Morgan fingerprint density at radius 3 is 2.25 bits per heavy atom. The number of halogens is 2. The van der Waals surface area contributed by atoms with Crippen LogP contribution >= 0.6 is 24.8 Å². The number of hydrogen-bond acceptors (Lipinski definition) is 3. The molecule has 0 spiro atoms. The van der Waals surface area contributed by atoms with Crippen molar-refractivity contribution in [3.63, 3.8) is 0 Å². The summed E-state index contributed by atoms with van der Waals surface area (Å²) in [5.41, 5.74) is 7.85. The molecular formula is C18H31Cl2N3O. The highest BCUT2D eigenvalue weighted by molar-refractivity contribution is 5.90. The summed E-state index contributed by atoms with van der Waals surface area (Å²) >= 11 is 0. The van der Waals surface area contributed by atoms with Crippen LogP contribution in [-0.2, 0) is 11.3 Å². The molecule has 1 aliphatic rings. The van der Waals surface area contributed by atoms with E-state index in [0.717, 1.165) is 18.7 Å². The predicted octanol–water partition coefficient (Wildman–Crippen LogP) is 3.97. The number of carbonyl (C=O) groups excluding carboxylic acids is 1. The minimum absolute atomic E-state index is 0. The molecule has 3 N–H and O–H groups in total. The number of rotatable bonds is 6. The molecule has 1 amide bonds. The largest absolute Gasteiger partial charge is 0.328 e. The van der Waals surface area contributed by atoms with Crippen molar-refractivity contribution in [3.8, 4) is 0 Å². The first-order chi connectivity index (χ1) is 10.6. The molecule has 0 radical (unpaired) electrons. The Morgan fingerprint density at radius 2 is 1.71 bits per heavy atom. The van der Waals surface area contributed by atoms with Gasteiger partial charge in [0.15, 0.2) is 0 Å². The molecule has 1 heterocycles. The van der Waals surface area contributed by atoms with Gasteiger partial charge in [0.1, 0.15) is 0 Å². The van der Waals surface area contributed by atoms with E-state index < -0.39 is 0 Å². The summed E-state index contributed by atoms with van der Waals surface area (Å²) in [4.78, 5) is 14.3. The molecule has 1 aromatic carbocycles.